The zero-order valence-electron chi connectivity index (χ0n) is 13.7. The second kappa shape index (κ2) is 7.96. The van der Waals surface area contributed by atoms with Gasteiger partial charge in [0.25, 0.3) is 0 Å². The van der Waals surface area contributed by atoms with Gasteiger partial charge in [-0.1, -0.05) is 6.07 Å². The Bertz CT molecular complexity index is 798. The maximum atomic E-state index is 11.0. The van der Waals surface area contributed by atoms with E-state index in [0.717, 1.165) is 0 Å². The van der Waals surface area contributed by atoms with E-state index < -0.39 is 18.0 Å². The summed E-state index contributed by atoms with van der Waals surface area (Å²) in [7, 11) is 1.46. The van der Waals surface area contributed by atoms with E-state index in [1.807, 2.05) is 0 Å². The van der Waals surface area contributed by atoms with E-state index in [0.29, 0.717) is 17.0 Å². The van der Waals surface area contributed by atoms with Gasteiger partial charge in [-0.05, 0) is 43.3 Å². The Morgan fingerprint density at radius 1 is 1.12 bits per heavy atom. The molecule has 2 aromatic carbocycles. The minimum Gasteiger partial charge on any atom is -0.493 e. The zero-order chi connectivity index (χ0) is 18.4. The van der Waals surface area contributed by atoms with Crippen molar-refractivity contribution in [2.75, 3.05) is 7.11 Å². The molecule has 2 aromatic rings. The van der Waals surface area contributed by atoms with Gasteiger partial charge >= 0.3 is 11.9 Å². The Kier molecular flexibility index (Phi) is 5.73. The van der Waals surface area contributed by atoms with E-state index in [1.54, 1.807) is 30.3 Å². The average Bonchev–Trinajstić information content (AvgIpc) is 2.60. The van der Waals surface area contributed by atoms with Crippen molar-refractivity contribution in [3.05, 3.63) is 53.6 Å². The molecule has 0 radical (unpaired) electrons. The van der Waals surface area contributed by atoms with Crippen molar-refractivity contribution < 1.29 is 29.3 Å². The first kappa shape index (κ1) is 18.0. The molecule has 7 heteroatoms. The number of nitrogens with zero attached hydrogens (tertiary/aromatic N) is 1. The fraction of sp³-hybridized carbons (Fsp3) is 0.167. The van der Waals surface area contributed by atoms with Crippen molar-refractivity contribution in [3.8, 4) is 11.5 Å². The first-order valence-corrected chi connectivity index (χ1v) is 7.36. The third-order valence-corrected chi connectivity index (χ3v) is 3.34. The first-order chi connectivity index (χ1) is 11.9. The number of rotatable bonds is 7. The highest BCUT2D eigenvalue weighted by atomic mass is 16.5. The SMILES string of the molecule is COc1cccc(C=Nc2ccc(C(=O)O)cc2)c1O[C@@H](C)C(=O)O. The summed E-state index contributed by atoms with van der Waals surface area (Å²) in [5.74, 6) is -1.45. The summed E-state index contributed by atoms with van der Waals surface area (Å²) in [6.45, 7) is 1.42. The molecule has 0 saturated carbocycles. The van der Waals surface area contributed by atoms with Gasteiger partial charge in [0.15, 0.2) is 17.6 Å². The molecule has 7 nitrogen and oxygen atoms in total. The highest BCUT2D eigenvalue weighted by Crippen LogP contribution is 2.31. The van der Waals surface area contributed by atoms with Gasteiger partial charge in [0, 0.05) is 11.8 Å². The van der Waals surface area contributed by atoms with Crippen LogP contribution in [0.15, 0.2) is 47.5 Å². The summed E-state index contributed by atoms with van der Waals surface area (Å²) in [6.07, 6.45) is 0.445. The van der Waals surface area contributed by atoms with Gasteiger partial charge in [-0.15, -0.1) is 0 Å². The molecule has 2 N–H and O–H groups in total. The third-order valence-electron chi connectivity index (χ3n) is 3.34. The summed E-state index contributed by atoms with van der Waals surface area (Å²) in [5.41, 5.74) is 1.25. The number of aromatic carboxylic acids is 1. The van der Waals surface area contributed by atoms with Gasteiger partial charge in [0.1, 0.15) is 0 Å². The Hall–Kier alpha value is -3.35. The van der Waals surface area contributed by atoms with Crippen LogP contribution in [0.1, 0.15) is 22.8 Å². The Morgan fingerprint density at radius 3 is 2.36 bits per heavy atom. The monoisotopic (exact) mass is 343 g/mol. The molecule has 0 bridgehead atoms. The maximum Gasteiger partial charge on any atom is 0.344 e. The van der Waals surface area contributed by atoms with Gasteiger partial charge in [-0.2, -0.15) is 0 Å². The smallest absolute Gasteiger partial charge is 0.344 e. The van der Waals surface area contributed by atoms with E-state index in [2.05, 4.69) is 4.99 Å². The number of para-hydroxylation sites is 1. The molecular weight excluding hydrogens is 326 g/mol. The third kappa shape index (κ3) is 4.57. The van der Waals surface area contributed by atoms with Gasteiger partial charge in [-0.25, -0.2) is 9.59 Å². The van der Waals surface area contributed by atoms with Crippen LogP contribution in [0.2, 0.25) is 0 Å². The maximum absolute atomic E-state index is 11.0. The van der Waals surface area contributed by atoms with Crippen LogP contribution in [-0.2, 0) is 4.79 Å². The fourth-order valence-electron chi connectivity index (χ4n) is 1.98. The van der Waals surface area contributed by atoms with E-state index in [4.69, 9.17) is 19.7 Å². The molecule has 0 aromatic heterocycles. The van der Waals surface area contributed by atoms with E-state index in [-0.39, 0.29) is 11.3 Å². The lowest BCUT2D eigenvalue weighted by atomic mass is 10.2. The lowest BCUT2D eigenvalue weighted by Gasteiger charge is -2.15. The highest BCUT2D eigenvalue weighted by Gasteiger charge is 2.17. The summed E-state index contributed by atoms with van der Waals surface area (Å²) < 4.78 is 10.7. The first-order valence-electron chi connectivity index (χ1n) is 7.36. The largest absolute Gasteiger partial charge is 0.493 e. The van der Waals surface area contributed by atoms with Crippen LogP contribution in [-0.4, -0.2) is 41.6 Å². The minimum atomic E-state index is -1.10. The molecule has 2 rings (SSSR count). The van der Waals surface area contributed by atoms with Crippen molar-refractivity contribution >= 4 is 23.8 Å². The molecule has 0 heterocycles. The molecule has 0 unspecified atom stereocenters. The van der Waals surface area contributed by atoms with Crippen LogP contribution in [0.25, 0.3) is 0 Å². The number of aliphatic imine (C=N–C) groups is 1. The Labute approximate surface area is 144 Å². The van der Waals surface area contributed by atoms with Crippen LogP contribution in [0.4, 0.5) is 5.69 Å². The number of hydrogen-bond acceptors (Lipinski definition) is 5. The fourth-order valence-corrected chi connectivity index (χ4v) is 1.98. The van der Waals surface area contributed by atoms with E-state index >= 15 is 0 Å². The van der Waals surface area contributed by atoms with Crippen LogP contribution in [0.5, 0.6) is 11.5 Å². The normalized spacial score (nSPS) is 11.9. The molecule has 0 aliphatic rings. The second-order valence-corrected chi connectivity index (χ2v) is 5.09. The van der Waals surface area contributed by atoms with Gasteiger partial charge in [0.05, 0.1) is 18.4 Å². The molecule has 130 valence electrons. The number of aliphatic carboxylic acids is 1. The standard InChI is InChI=1S/C18H17NO6/c1-11(17(20)21)25-16-13(4-3-5-15(16)24-2)10-19-14-8-6-12(7-9-14)18(22)23/h3-11H,1-2H3,(H,20,21)(H,22,23)/t11-/m0/s1. The predicted octanol–water partition coefficient (Wildman–Crippen LogP) is 3.00. The number of carboxylic acids is 2. The number of carbonyl (C=O) groups is 2. The van der Waals surface area contributed by atoms with Crippen LogP contribution >= 0.6 is 0 Å². The molecule has 0 fully saturated rings. The summed E-state index contributed by atoms with van der Waals surface area (Å²) in [6, 6.07) is 11.1. The quantitative estimate of drug-likeness (QED) is 0.749. The number of hydrogen-bond donors (Lipinski definition) is 2. The molecule has 0 amide bonds. The van der Waals surface area contributed by atoms with Gasteiger partial charge in [-0.3, -0.25) is 4.99 Å². The van der Waals surface area contributed by atoms with Crippen molar-refractivity contribution in [2.45, 2.75) is 13.0 Å². The van der Waals surface area contributed by atoms with Crippen molar-refractivity contribution in [1.29, 1.82) is 0 Å². The Morgan fingerprint density at radius 2 is 1.80 bits per heavy atom. The molecule has 0 aliphatic heterocycles. The second-order valence-electron chi connectivity index (χ2n) is 5.09. The number of ether oxygens (including phenoxy) is 2. The average molecular weight is 343 g/mol. The number of benzene rings is 2. The molecule has 0 saturated heterocycles. The highest BCUT2D eigenvalue weighted by molar-refractivity contribution is 5.89. The summed E-state index contributed by atoms with van der Waals surface area (Å²) in [4.78, 5) is 26.1. The van der Waals surface area contributed by atoms with Crippen LogP contribution in [0.3, 0.4) is 0 Å². The van der Waals surface area contributed by atoms with Gasteiger partial charge < -0.3 is 19.7 Å². The van der Waals surface area contributed by atoms with E-state index in [9.17, 15) is 9.59 Å². The summed E-state index contributed by atoms with van der Waals surface area (Å²) in [5, 5.41) is 17.9. The molecular formula is C18H17NO6. The molecule has 0 spiro atoms. The molecule has 0 aliphatic carbocycles. The van der Waals surface area contributed by atoms with Crippen LogP contribution < -0.4 is 9.47 Å². The predicted molar refractivity (Wildman–Crippen MR) is 91.4 cm³/mol. The Balaban J connectivity index is 2.31. The molecule has 1 atom stereocenters. The number of methoxy groups -OCH3 is 1. The molecule has 25 heavy (non-hydrogen) atoms. The zero-order valence-corrected chi connectivity index (χ0v) is 13.7. The topological polar surface area (TPSA) is 105 Å². The van der Waals surface area contributed by atoms with Crippen LogP contribution in [0, 0.1) is 0 Å². The lowest BCUT2D eigenvalue weighted by Crippen LogP contribution is -2.23. The van der Waals surface area contributed by atoms with E-state index in [1.165, 1.54) is 32.4 Å². The van der Waals surface area contributed by atoms with Crippen molar-refractivity contribution in [3.63, 3.8) is 0 Å². The minimum absolute atomic E-state index is 0.166. The van der Waals surface area contributed by atoms with Crippen molar-refractivity contribution in [1.82, 2.24) is 0 Å². The summed E-state index contributed by atoms with van der Waals surface area (Å²) >= 11 is 0. The number of carboxylic acid groups (broad SMARTS) is 2. The van der Waals surface area contributed by atoms with Gasteiger partial charge in [0.2, 0.25) is 0 Å². The van der Waals surface area contributed by atoms with Crippen molar-refractivity contribution in [2.24, 2.45) is 4.99 Å². The lowest BCUT2D eigenvalue weighted by molar-refractivity contribution is -0.144.